The first-order chi connectivity index (χ1) is 15.0. The molecule has 7 nitrogen and oxygen atoms in total. The molecule has 1 aliphatic rings. The highest BCUT2D eigenvalue weighted by molar-refractivity contribution is 6.30. The molecule has 0 bridgehead atoms. The average molecular weight is 440 g/mol. The van der Waals surface area contributed by atoms with Gasteiger partial charge in [0.05, 0.1) is 17.3 Å². The molecule has 31 heavy (non-hydrogen) atoms. The molecule has 1 fully saturated rings. The molecule has 0 N–H and O–H groups in total. The van der Waals surface area contributed by atoms with Crippen LogP contribution >= 0.6 is 11.6 Å². The lowest BCUT2D eigenvalue weighted by atomic mass is 10.2. The maximum absolute atomic E-state index is 12.5. The van der Waals surface area contributed by atoms with Crippen molar-refractivity contribution in [1.82, 2.24) is 14.5 Å². The van der Waals surface area contributed by atoms with Crippen molar-refractivity contribution in [3.63, 3.8) is 0 Å². The van der Waals surface area contributed by atoms with Gasteiger partial charge in [0.1, 0.15) is 24.2 Å². The number of halogens is 1. The zero-order valence-electron chi connectivity index (χ0n) is 17.0. The van der Waals surface area contributed by atoms with Crippen LogP contribution in [0.4, 0.5) is 0 Å². The molecule has 1 saturated heterocycles. The first kappa shape index (κ1) is 20.9. The predicted octanol–water partition coefficient (Wildman–Crippen LogP) is 3.46. The Morgan fingerprint density at radius 1 is 1.16 bits per heavy atom. The topological polar surface area (TPSA) is 73.7 Å². The number of hydrogen-bond acceptors (Lipinski definition) is 5. The van der Waals surface area contributed by atoms with Gasteiger partial charge in [-0.2, -0.15) is 0 Å². The normalized spacial score (nSPS) is 15.7. The van der Waals surface area contributed by atoms with Crippen LogP contribution in [0.2, 0.25) is 5.02 Å². The molecule has 0 radical (unpaired) electrons. The van der Waals surface area contributed by atoms with E-state index in [9.17, 15) is 9.59 Å². The van der Waals surface area contributed by atoms with Crippen molar-refractivity contribution in [2.75, 3.05) is 13.1 Å². The lowest BCUT2D eigenvalue weighted by Gasteiger charge is -2.16. The van der Waals surface area contributed by atoms with Gasteiger partial charge in [-0.05, 0) is 42.5 Å². The van der Waals surface area contributed by atoms with Crippen LogP contribution in [0.3, 0.4) is 0 Å². The highest BCUT2D eigenvalue weighted by Gasteiger charge is 2.25. The van der Waals surface area contributed by atoms with Crippen LogP contribution in [0, 0.1) is 0 Å². The van der Waals surface area contributed by atoms with Crippen molar-refractivity contribution < 1.29 is 14.3 Å². The highest BCUT2D eigenvalue weighted by atomic mass is 35.5. The van der Waals surface area contributed by atoms with Crippen molar-refractivity contribution in [1.29, 1.82) is 0 Å². The van der Waals surface area contributed by atoms with Gasteiger partial charge in [0.2, 0.25) is 5.91 Å². The third-order valence-electron chi connectivity index (χ3n) is 5.07. The first-order valence-corrected chi connectivity index (χ1v) is 10.3. The second kappa shape index (κ2) is 9.22. The Morgan fingerprint density at radius 3 is 2.61 bits per heavy atom. The summed E-state index contributed by atoms with van der Waals surface area (Å²) in [6.07, 6.45) is 4.03. The summed E-state index contributed by atoms with van der Waals surface area (Å²) in [4.78, 5) is 29.9. The summed E-state index contributed by atoms with van der Waals surface area (Å²) in [5.41, 5.74) is 1.24. The van der Waals surface area contributed by atoms with Gasteiger partial charge in [0.15, 0.2) is 0 Å². The molecule has 0 unspecified atom stereocenters. The lowest BCUT2D eigenvalue weighted by Crippen LogP contribution is -2.28. The second-order valence-electron chi connectivity index (χ2n) is 7.31. The van der Waals surface area contributed by atoms with Crippen LogP contribution in [0.5, 0.6) is 11.5 Å². The SMILES string of the molecule is CC(=O)N1CC[C@@H](Oc2ccc(-n3ccc(OCc4ccc(Cl)cn4)cc3=O)cc2)C1. The molecule has 1 amide bonds. The van der Waals surface area contributed by atoms with E-state index in [0.29, 0.717) is 23.1 Å². The Kier molecular flexibility index (Phi) is 6.23. The molecule has 3 heterocycles. The van der Waals surface area contributed by atoms with E-state index in [-0.39, 0.29) is 24.2 Å². The van der Waals surface area contributed by atoms with Crippen LogP contribution < -0.4 is 15.0 Å². The fourth-order valence-electron chi connectivity index (χ4n) is 3.40. The molecular weight excluding hydrogens is 418 g/mol. The van der Waals surface area contributed by atoms with Crippen molar-refractivity contribution in [2.45, 2.75) is 26.1 Å². The third kappa shape index (κ3) is 5.24. The Bertz CT molecular complexity index is 1110. The lowest BCUT2D eigenvalue weighted by molar-refractivity contribution is -0.128. The Balaban J connectivity index is 1.38. The number of ether oxygens (including phenoxy) is 2. The standard InChI is InChI=1S/C23H22ClN3O4/c1-16(28)26-10-8-22(14-26)31-20-6-4-19(5-7-20)27-11-9-21(12-23(27)29)30-15-18-3-2-17(24)13-25-18/h2-7,9,11-13,22H,8,10,14-15H2,1H3/t22-/m1/s1. The van der Waals surface area contributed by atoms with Gasteiger partial charge in [-0.1, -0.05) is 11.6 Å². The summed E-state index contributed by atoms with van der Waals surface area (Å²) in [5.74, 6) is 1.24. The van der Waals surface area contributed by atoms with E-state index < -0.39 is 0 Å². The number of hydrogen-bond donors (Lipinski definition) is 0. The molecule has 1 atom stereocenters. The number of carbonyl (C=O) groups is 1. The minimum Gasteiger partial charge on any atom is -0.489 e. The molecular formula is C23H22ClN3O4. The molecule has 1 aliphatic heterocycles. The molecule has 8 heteroatoms. The van der Waals surface area contributed by atoms with Gasteiger partial charge in [-0.3, -0.25) is 19.1 Å². The number of benzene rings is 1. The zero-order chi connectivity index (χ0) is 21.8. The fourth-order valence-corrected chi connectivity index (χ4v) is 3.51. The van der Waals surface area contributed by atoms with Crippen molar-refractivity contribution in [3.8, 4) is 17.2 Å². The molecule has 0 saturated carbocycles. The first-order valence-electron chi connectivity index (χ1n) is 9.96. The van der Waals surface area contributed by atoms with E-state index in [4.69, 9.17) is 21.1 Å². The smallest absolute Gasteiger partial charge is 0.258 e. The van der Waals surface area contributed by atoms with Gasteiger partial charge < -0.3 is 14.4 Å². The van der Waals surface area contributed by atoms with E-state index in [1.807, 2.05) is 24.3 Å². The summed E-state index contributed by atoms with van der Waals surface area (Å²) in [6, 6.07) is 14.0. The number of rotatable bonds is 6. The average Bonchev–Trinajstić information content (AvgIpc) is 3.23. The number of nitrogens with zero attached hydrogens (tertiary/aromatic N) is 3. The van der Waals surface area contributed by atoms with Crippen molar-refractivity contribution in [3.05, 3.63) is 82.0 Å². The van der Waals surface area contributed by atoms with Gasteiger partial charge in [-0.15, -0.1) is 0 Å². The second-order valence-corrected chi connectivity index (χ2v) is 7.75. The minimum absolute atomic E-state index is 0.0102. The van der Waals surface area contributed by atoms with E-state index in [1.54, 1.807) is 42.4 Å². The molecule has 4 rings (SSSR count). The van der Waals surface area contributed by atoms with Crippen LogP contribution in [0.25, 0.3) is 5.69 Å². The van der Waals surface area contributed by atoms with Crippen molar-refractivity contribution >= 4 is 17.5 Å². The minimum atomic E-state index is -0.205. The van der Waals surface area contributed by atoms with Crippen LogP contribution in [0.15, 0.2) is 65.7 Å². The van der Waals surface area contributed by atoms with Gasteiger partial charge in [0.25, 0.3) is 5.56 Å². The van der Waals surface area contributed by atoms with Crippen LogP contribution in [-0.4, -0.2) is 39.6 Å². The Labute approximate surface area is 184 Å². The summed E-state index contributed by atoms with van der Waals surface area (Å²) in [7, 11) is 0. The molecule has 1 aromatic carbocycles. The Hall–Kier alpha value is -3.32. The maximum Gasteiger partial charge on any atom is 0.258 e. The molecule has 0 aliphatic carbocycles. The van der Waals surface area contributed by atoms with E-state index in [2.05, 4.69) is 4.98 Å². The van der Waals surface area contributed by atoms with E-state index in [1.165, 1.54) is 10.6 Å². The quantitative estimate of drug-likeness (QED) is 0.588. The number of carbonyl (C=O) groups excluding carboxylic acids is 1. The summed E-state index contributed by atoms with van der Waals surface area (Å²) < 4.78 is 13.1. The number of likely N-dealkylation sites (tertiary alicyclic amines) is 1. The molecule has 0 spiro atoms. The van der Waals surface area contributed by atoms with Gasteiger partial charge in [-0.25, -0.2) is 0 Å². The fraction of sp³-hybridized carbons (Fsp3) is 0.261. The number of amides is 1. The van der Waals surface area contributed by atoms with Gasteiger partial charge >= 0.3 is 0 Å². The Morgan fingerprint density at radius 2 is 1.97 bits per heavy atom. The van der Waals surface area contributed by atoms with Crippen LogP contribution in [0.1, 0.15) is 19.0 Å². The van der Waals surface area contributed by atoms with E-state index >= 15 is 0 Å². The predicted molar refractivity (Wildman–Crippen MR) is 117 cm³/mol. The molecule has 2 aromatic heterocycles. The van der Waals surface area contributed by atoms with Crippen LogP contribution in [-0.2, 0) is 11.4 Å². The largest absolute Gasteiger partial charge is 0.489 e. The highest BCUT2D eigenvalue weighted by Crippen LogP contribution is 2.20. The zero-order valence-corrected chi connectivity index (χ0v) is 17.8. The number of pyridine rings is 2. The van der Waals surface area contributed by atoms with Crippen molar-refractivity contribution in [2.24, 2.45) is 0 Å². The summed E-state index contributed by atoms with van der Waals surface area (Å²) in [6.45, 7) is 3.13. The van der Waals surface area contributed by atoms with Gasteiger partial charge in [0, 0.05) is 44.0 Å². The summed E-state index contributed by atoms with van der Waals surface area (Å²) >= 11 is 5.82. The van der Waals surface area contributed by atoms with E-state index in [0.717, 1.165) is 24.3 Å². The number of aromatic nitrogens is 2. The maximum atomic E-state index is 12.5. The molecule has 3 aromatic rings. The molecule has 160 valence electrons. The third-order valence-corrected chi connectivity index (χ3v) is 5.30. The summed E-state index contributed by atoms with van der Waals surface area (Å²) in [5, 5.41) is 0.559. The monoisotopic (exact) mass is 439 g/mol.